The van der Waals surface area contributed by atoms with Gasteiger partial charge in [0, 0.05) is 13.1 Å². The molecule has 0 aliphatic heterocycles. The van der Waals surface area contributed by atoms with Crippen molar-refractivity contribution in [2.45, 2.75) is 25.1 Å². The van der Waals surface area contributed by atoms with Gasteiger partial charge in [-0.15, -0.1) is 0 Å². The van der Waals surface area contributed by atoms with Crippen LogP contribution < -0.4 is 0 Å². The quantitative estimate of drug-likeness (QED) is 0.572. The van der Waals surface area contributed by atoms with Crippen LogP contribution >= 0.6 is 0 Å². The molecule has 0 saturated carbocycles. The Morgan fingerprint density at radius 1 is 1.58 bits per heavy atom. The third-order valence-electron chi connectivity index (χ3n) is 1.35. The first-order valence-electron chi connectivity index (χ1n) is 3.75. The molecule has 0 heterocycles. The second kappa shape index (κ2) is 6.40. The minimum Gasteiger partial charge on any atom is -0.392 e. The van der Waals surface area contributed by atoms with Gasteiger partial charge >= 0.3 is 0 Å². The summed E-state index contributed by atoms with van der Waals surface area (Å²) in [5, 5.41) is 8.92. The topological polar surface area (TPSA) is 38.7 Å². The van der Waals surface area contributed by atoms with Crippen molar-refractivity contribution < 1.29 is 19.0 Å². The van der Waals surface area contributed by atoms with Gasteiger partial charge in [0.15, 0.2) is 0 Å². The van der Waals surface area contributed by atoms with Crippen molar-refractivity contribution in [1.29, 1.82) is 0 Å². The van der Waals surface area contributed by atoms with Crippen molar-refractivity contribution in [2.75, 3.05) is 20.4 Å². The van der Waals surface area contributed by atoms with Gasteiger partial charge in [-0.1, -0.05) is 0 Å². The molecule has 0 fully saturated rings. The van der Waals surface area contributed by atoms with Gasteiger partial charge in [-0.25, -0.2) is 4.39 Å². The van der Waals surface area contributed by atoms with Crippen LogP contribution in [0.1, 0.15) is 6.92 Å². The van der Waals surface area contributed by atoms with Crippen LogP contribution in [-0.2, 0) is 9.47 Å². The van der Waals surface area contributed by atoms with Crippen molar-refractivity contribution in [1.82, 2.24) is 0 Å². The SMILES string of the molecule is [B]C(O[C@@H](CF)COC)[C@H](C)O. The minimum absolute atomic E-state index is 0.136. The molecule has 0 rings (SSSR count). The lowest BCUT2D eigenvalue weighted by Crippen LogP contribution is -2.34. The summed E-state index contributed by atoms with van der Waals surface area (Å²) in [5.41, 5.74) is 0. The molecule has 0 aromatic heterocycles. The molecule has 12 heavy (non-hydrogen) atoms. The average molecular weight is 176 g/mol. The van der Waals surface area contributed by atoms with Crippen LogP contribution in [0, 0.1) is 0 Å². The van der Waals surface area contributed by atoms with Crippen molar-refractivity contribution in [2.24, 2.45) is 0 Å². The molecule has 0 aromatic carbocycles. The largest absolute Gasteiger partial charge is 0.392 e. The van der Waals surface area contributed by atoms with Crippen molar-refractivity contribution in [3.63, 3.8) is 0 Å². The minimum atomic E-state index is -0.860. The Kier molecular flexibility index (Phi) is 6.33. The molecule has 5 heteroatoms. The van der Waals surface area contributed by atoms with E-state index in [2.05, 4.69) is 4.74 Å². The molecular formula is C7H14BFO3. The highest BCUT2D eigenvalue weighted by Crippen LogP contribution is 2.01. The molecule has 2 radical (unpaired) electrons. The lowest BCUT2D eigenvalue weighted by Gasteiger charge is -2.21. The highest BCUT2D eigenvalue weighted by Gasteiger charge is 2.15. The van der Waals surface area contributed by atoms with E-state index in [-0.39, 0.29) is 6.61 Å². The number of rotatable bonds is 6. The molecule has 0 aliphatic rings. The summed E-state index contributed by atoms with van der Waals surface area (Å²) in [7, 11) is 6.77. The maximum Gasteiger partial charge on any atom is 0.118 e. The van der Waals surface area contributed by atoms with Gasteiger partial charge in [-0.05, 0) is 6.92 Å². The first-order valence-corrected chi connectivity index (χ1v) is 3.75. The molecule has 70 valence electrons. The smallest absolute Gasteiger partial charge is 0.118 e. The van der Waals surface area contributed by atoms with Crippen LogP contribution in [0.25, 0.3) is 0 Å². The molecule has 0 aliphatic carbocycles. The molecule has 1 unspecified atom stereocenters. The molecular weight excluding hydrogens is 162 g/mol. The summed E-state index contributed by atoms with van der Waals surface area (Å²) in [6.07, 6.45) is -1.50. The van der Waals surface area contributed by atoms with Crippen LogP contribution in [0.3, 0.4) is 0 Å². The first-order chi connectivity index (χ1) is 5.61. The molecule has 1 N–H and O–H groups in total. The zero-order valence-electron chi connectivity index (χ0n) is 7.37. The third kappa shape index (κ3) is 4.69. The van der Waals surface area contributed by atoms with E-state index in [9.17, 15) is 4.39 Å². The van der Waals surface area contributed by atoms with E-state index in [0.717, 1.165) is 0 Å². The number of hydrogen-bond acceptors (Lipinski definition) is 3. The second-order valence-electron chi connectivity index (χ2n) is 2.57. The van der Waals surface area contributed by atoms with E-state index in [0.29, 0.717) is 0 Å². The third-order valence-corrected chi connectivity index (χ3v) is 1.35. The molecule has 0 bridgehead atoms. The zero-order chi connectivity index (χ0) is 9.56. The van der Waals surface area contributed by atoms with Gasteiger partial charge in [0.2, 0.25) is 0 Å². The second-order valence-corrected chi connectivity index (χ2v) is 2.57. The lowest BCUT2D eigenvalue weighted by molar-refractivity contribution is -0.0641. The highest BCUT2D eigenvalue weighted by molar-refractivity contribution is 6.11. The molecule has 3 nitrogen and oxygen atoms in total. The van der Waals surface area contributed by atoms with Gasteiger partial charge in [0.05, 0.1) is 12.7 Å². The van der Waals surface area contributed by atoms with E-state index >= 15 is 0 Å². The summed E-state index contributed by atoms with van der Waals surface area (Å²) >= 11 is 0. The Morgan fingerprint density at radius 3 is 2.50 bits per heavy atom. The van der Waals surface area contributed by atoms with Crippen molar-refractivity contribution in [3.8, 4) is 0 Å². The van der Waals surface area contributed by atoms with Crippen LogP contribution in [0.2, 0.25) is 0 Å². The number of ether oxygens (including phenoxy) is 2. The standard InChI is InChI=1S/C7H14BFO3/c1-5(10)7(8)12-6(3-9)4-11-2/h5-7,10H,3-4H2,1-2H3/t5-,6-,7?/m0/s1. The number of halogens is 1. The summed E-state index contributed by atoms with van der Waals surface area (Å²) in [6.45, 7) is 0.942. The van der Waals surface area contributed by atoms with Crippen molar-refractivity contribution >= 4 is 7.85 Å². The monoisotopic (exact) mass is 176 g/mol. The molecule has 3 atom stereocenters. The number of hydrogen-bond donors (Lipinski definition) is 1. The highest BCUT2D eigenvalue weighted by atomic mass is 19.1. The number of aliphatic hydroxyl groups excluding tert-OH is 1. The Labute approximate surface area is 73.3 Å². The van der Waals surface area contributed by atoms with Gasteiger partial charge in [-0.2, -0.15) is 0 Å². The number of alkyl halides is 1. The normalized spacial score (nSPS) is 18.7. The Hall–Kier alpha value is -0.125. The fraction of sp³-hybridized carbons (Fsp3) is 1.00. The van der Waals surface area contributed by atoms with E-state index in [1.165, 1.54) is 14.0 Å². The van der Waals surface area contributed by atoms with Crippen LogP contribution in [-0.4, -0.2) is 51.6 Å². The van der Waals surface area contributed by atoms with E-state index < -0.39 is 24.9 Å². The summed E-state index contributed by atoms with van der Waals surface area (Å²) in [6, 6.07) is -0.860. The lowest BCUT2D eigenvalue weighted by atomic mass is 9.95. The summed E-state index contributed by atoms with van der Waals surface area (Å²) in [4.78, 5) is 0. The van der Waals surface area contributed by atoms with Gasteiger partial charge in [-0.3, -0.25) is 0 Å². The number of aliphatic hydroxyl groups is 1. The molecule has 0 saturated heterocycles. The summed E-state index contributed by atoms with van der Waals surface area (Å²) in [5.74, 6) is 0. The zero-order valence-corrected chi connectivity index (χ0v) is 7.37. The van der Waals surface area contributed by atoms with Crippen LogP contribution in [0.5, 0.6) is 0 Å². The predicted molar refractivity (Wildman–Crippen MR) is 43.9 cm³/mol. The summed E-state index contributed by atoms with van der Waals surface area (Å²) < 4.78 is 21.7. The fourth-order valence-corrected chi connectivity index (χ4v) is 0.642. The maximum absolute atomic E-state index is 12.1. The number of methoxy groups -OCH3 is 1. The Morgan fingerprint density at radius 2 is 2.17 bits per heavy atom. The van der Waals surface area contributed by atoms with E-state index in [1.807, 2.05) is 0 Å². The van der Waals surface area contributed by atoms with Gasteiger partial charge in [0.25, 0.3) is 0 Å². The maximum atomic E-state index is 12.1. The molecule has 0 spiro atoms. The van der Waals surface area contributed by atoms with Gasteiger partial charge < -0.3 is 14.6 Å². The first kappa shape index (κ1) is 11.9. The predicted octanol–water partition coefficient (Wildman–Crippen LogP) is -0.137. The van der Waals surface area contributed by atoms with Crippen LogP contribution in [0.15, 0.2) is 0 Å². The Balaban J connectivity index is 3.68. The molecule has 0 amide bonds. The van der Waals surface area contributed by atoms with Gasteiger partial charge in [0.1, 0.15) is 20.6 Å². The van der Waals surface area contributed by atoms with E-state index in [1.54, 1.807) is 0 Å². The van der Waals surface area contributed by atoms with Crippen molar-refractivity contribution in [3.05, 3.63) is 0 Å². The molecule has 0 aromatic rings. The Bertz CT molecular complexity index is 113. The van der Waals surface area contributed by atoms with Crippen LogP contribution in [0.4, 0.5) is 4.39 Å². The average Bonchev–Trinajstić information content (AvgIpc) is 2.03. The fourth-order valence-electron chi connectivity index (χ4n) is 0.642. The van der Waals surface area contributed by atoms with E-state index in [4.69, 9.17) is 17.7 Å².